The van der Waals surface area contributed by atoms with E-state index in [2.05, 4.69) is 34.3 Å². The summed E-state index contributed by atoms with van der Waals surface area (Å²) < 4.78 is 0. The van der Waals surface area contributed by atoms with Crippen LogP contribution in [0.2, 0.25) is 0 Å². The number of aromatic amines is 1. The topological polar surface area (TPSA) is 73.9 Å². The van der Waals surface area contributed by atoms with Gasteiger partial charge in [-0.15, -0.1) is 0 Å². The summed E-state index contributed by atoms with van der Waals surface area (Å²) in [6.45, 7) is 5.56. The normalized spacial score (nSPS) is 18.0. The third-order valence-electron chi connectivity index (χ3n) is 3.91. The van der Waals surface area contributed by atoms with Gasteiger partial charge >= 0.3 is 0 Å². The number of hydrogen-bond donors (Lipinski definition) is 2. The second-order valence-corrected chi connectivity index (χ2v) is 5.96. The van der Waals surface area contributed by atoms with Crippen LogP contribution in [0.5, 0.6) is 0 Å². The van der Waals surface area contributed by atoms with Gasteiger partial charge in [0.2, 0.25) is 0 Å². The molecule has 22 heavy (non-hydrogen) atoms. The van der Waals surface area contributed by atoms with Crippen LogP contribution in [-0.2, 0) is 0 Å². The number of amides is 1. The van der Waals surface area contributed by atoms with Crippen LogP contribution in [-0.4, -0.2) is 45.1 Å². The van der Waals surface area contributed by atoms with Gasteiger partial charge in [0.15, 0.2) is 0 Å². The van der Waals surface area contributed by atoms with E-state index in [1.54, 1.807) is 6.20 Å². The number of carbonyl (C=O) groups is 1. The van der Waals surface area contributed by atoms with Crippen molar-refractivity contribution in [2.24, 2.45) is 0 Å². The van der Waals surface area contributed by atoms with Gasteiger partial charge in [-0.25, -0.2) is 4.98 Å². The third kappa shape index (κ3) is 3.10. The number of hydrogen-bond acceptors (Lipinski definition) is 4. The Morgan fingerprint density at radius 3 is 3.00 bits per heavy atom. The molecule has 2 aromatic rings. The molecule has 1 unspecified atom stereocenters. The molecule has 116 valence electrons. The predicted molar refractivity (Wildman–Crippen MR) is 84.8 cm³/mol. The highest BCUT2D eigenvalue weighted by molar-refractivity contribution is 5.92. The summed E-state index contributed by atoms with van der Waals surface area (Å²) >= 11 is 0. The molecule has 6 nitrogen and oxygen atoms in total. The van der Waals surface area contributed by atoms with Gasteiger partial charge in [-0.2, -0.15) is 5.10 Å². The molecular weight excluding hydrogens is 278 g/mol. The van der Waals surface area contributed by atoms with E-state index in [0.29, 0.717) is 18.2 Å². The largest absolute Gasteiger partial charge is 0.365 e. The minimum absolute atomic E-state index is 0.0183. The van der Waals surface area contributed by atoms with Gasteiger partial charge < -0.3 is 10.2 Å². The van der Waals surface area contributed by atoms with Crippen molar-refractivity contribution in [1.82, 2.24) is 20.1 Å². The quantitative estimate of drug-likeness (QED) is 0.908. The van der Waals surface area contributed by atoms with Crippen LogP contribution in [0.25, 0.3) is 0 Å². The highest BCUT2D eigenvalue weighted by atomic mass is 16.2. The number of nitrogens with zero attached hydrogens (tertiary/aromatic N) is 3. The van der Waals surface area contributed by atoms with E-state index in [4.69, 9.17) is 0 Å². The minimum atomic E-state index is 0.0183. The summed E-state index contributed by atoms with van der Waals surface area (Å²) in [6, 6.07) is 7.87. The van der Waals surface area contributed by atoms with E-state index in [-0.39, 0.29) is 11.9 Å². The van der Waals surface area contributed by atoms with E-state index >= 15 is 0 Å². The van der Waals surface area contributed by atoms with Gasteiger partial charge in [-0.3, -0.25) is 9.89 Å². The van der Waals surface area contributed by atoms with E-state index in [0.717, 1.165) is 24.5 Å². The van der Waals surface area contributed by atoms with E-state index in [9.17, 15) is 4.79 Å². The first-order chi connectivity index (χ1) is 10.6. The van der Waals surface area contributed by atoms with Gasteiger partial charge in [0, 0.05) is 25.3 Å². The maximum Gasteiger partial charge on any atom is 0.271 e. The Kier molecular flexibility index (Phi) is 4.09. The minimum Gasteiger partial charge on any atom is -0.365 e. The monoisotopic (exact) mass is 299 g/mol. The molecule has 0 radical (unpaired) electrons. The Morgan fingerprint density at radius 1 is 1.45 bits per heavy atom. The molecule has 0 saturated carbocycles. The summed E-state index contributed by atoms with van der Waals surface area (Å²) in [5.74, 6) is 1.19. The zero-order valence-corrected chi connectivity index (χ0v) is 12.9. The molecule has 1 aliphatic rings. The van der Waals surface area contributed by atoms with Crippen LogP contribution >= 0.6 is 0 Å². The maximum absolute atomic E-state index is 12.5. The molecule has 3 heterocycles. The molecule has 1 atom stereocenters. The Bertz CT molecular complexity index is 637. The highest BCUT2D eigenvalue weighted by Gasteiger charge is 2.28. The van der Waals surface area contributed by atoms with Crippen LogP contribution in [0.4, 0.5) is 5.82 Å². The lowest BCUT2D eigenvalue weighted by Crippen LogP contribution is -2.31. The van der Waals surface area contributed by atoms with Crippen molar-refractivity contribution in [2.75, 3.05) is 18.4 Å². The zero-order chi connectivity index (χ0) is 15.5. The van der Waals surface area contributed by atoms with Crippen molar-refractivity contribution in [1.29, 1.82) is 0 Å². The van der Waals surface area contributed by atoms with Crippen molar-refractivity contribution < 1.29 is 4.79 Å². The van der Waals surface area contributed by atoms with Crippen molar-refractivity contribution in [3.05, 3.63) is 41.9 Å². The molecule has 0 spiro atoms. The molecule has 1 aliphatic heterocycles. The molecular formula is C16H21N5O. The molecule has 2 aromatic heterocycles. The number of aromatic nitrogens is 3. The fourth-order valence-electron chi connectivity index (χ4n) is 2.63. The van der Waals surface area contributed by atoms with Crippen molar-refractivity contribution in [3.63, 3.8) is 0 Å². The van der Waals surface area contributed by atoms with Crippen LogP contribution in [0, 0.1) is 0 Å². The van der Waals surface area contributed by atoms with E-state index in [1.165, 1.54) is 0 Å². The predicted octanol–water partition coefficient (Wildman–Crippen LogP) is 2.25. The number of likely N-dealkylation sites (tertiary alicyclic amines) is 1. The summed E-state index contributed by atoms with van der Waals surface area (Å²) in [5, 5.41) is 10.4. The summed E-state index contributed by atoms with van der Waals surface area (Å²) in [4.78, 5) is 18.6. The lowest BCUT2D eigenvalue weighted by atomic mass is 10.1. The molecule has 0 bridgehead atoms. The fraction of sp³-hybridized carbons (Fsp3) is 0.438. The van der Waals surface area contributed by atoms with Gasteiger partial charge in [0.25, 0.3) is 5.91 Å². The SMILES string of the molecule is CC(C)c1cc(C(=O)N2CCC(Nc3ccccn3)C2)[nH]n1. The number of nitrogens with one attached hydrogen (secondary N) is 2. The maximum atomic E-state index is 12.5. The first-order valence-corrected chi connectivity index (χ1v) is 7.65. The van der Waals surface area contributed by atoms with Gasteiger partial charge in [0.1, 0.15) is 11.5 Å². The van der Waals surface area contributed by atoms with Gasteiger partial charge in [0.05, 0.1) is 5.69 Å². The molecule has 1 fully saturated rings. The Morgan fingerprint density at radius 2 is 2.32 bits per heavy atom. The number of rotatable bonds is 4. The zero-order valence-electron chi connectivity index (χ0n) is 12.9. The van der Waals surface area contributed by atoms with Crippen molar-refractivity contribution in [3.8, 4) is 0 Å². The standard InChI is InChI=1S/C16H21N5O/c1-11(2)13-9-14(20-19-13)16(22)21-8-6-12(10-21)18-15-5-3-4-7-17-15/h3-5,7,9,11-12H,6,8,10H2,1-2H3,(H,17,18)(H,19,20). The van der Waals surface area contributed by atoms with Gasteiger partial charge in [-0.05, 0) is 30.5 Å². The molecule has 0 aromatic carbocycles. The first-order valence-electron chi connectivity index (χ1n) is 7.65. The molecule has 1 saturated heterocycles. The second kappa shape index (κ2) is 6.17. The van der Waals surface area contributed by atoms with Crippen LogP contribution < -0.4 is 5.32 Å². The van der Waals surface area contributed by atoms with Crippen molar-refractivity contribution in [2.45, 2.75) is 32.2 Å². The highest BCUT2D eigenvalue weighted by Crippen LogP contribution is 2.18. The molecule has 6 heteroatoms. The van der Waals surface area contributed by atoms with Crippen molar-refractivity contribution >= 4 is 11.7 Å². The fourth-order valence-corrected chi connectivity index (χ4v) is 2.63. The average molecular weight is 299 g/mol. The molecule has 0 aliphatic carbocycles. The van der Waals surface area contributed by atoms with Crippen LogP contribution in [0.1, 0.15) is 42.4 Å². The summed E-state index contributed by atoms with van der Waals surface area (Å²) in [7, 11) is 0. The first kappa shape index (κ1) is 14.6. The van der Waals surface area contributed by atoms with Crippen LogP contribution in [0.3, 0.4) is 0 Å². The van der Waals surface area contributed by atoms with Crippen LogP contribution in [0.15, 0.2) is 30.5 Å². The summed E-state index contributed by atoms with van der Waals surface area (Å²) in [6.07, 6.45) is 2.69. The van der Waals surface area contributed by atoms with E-state index < -0.39 is 0 Å². The number of pyridine rings is 1. The van der Waals surface area contributed by atoms with Gasteiger partial charge in [-0.1, -0.05) is 19.9 Å². The Balaban J connectivity index is 1.60. The Hall–Kier alpha value is -2.37. The molecule has 2 N–H and O–H groups in total. The lowest BCUT2D eigenvalue weighted by Gasteiger charge is -2.16. The Labute approximate surface area is 129 Å². The number of carbonyl (C=O) groups excluding carboxylic acids is 1. The lowest BCUT2D eigenvalue weighted by molar-refractivity contribution is 0.0786. The number of anilines is 1. The third-order valence-corrected chi connectivity index (χ3v) is 3.91. The smallest absolute Gasteiger partial charge is 0.271 e. The molecule has 3 rings (SSSR count). The number of H-pyrrole nitrogens is 1. The second-order valence-electron chi connectivity index (χ2n) is 5.96. The summed E-state index contributed by atoms with van der Waals surface area (Å²) in [5.41, 5.74) is 1.49. The molecule has 1 amide bonds. The van der Waals surface area contributed by atoms with E-state index in [1.807, 2.05) is 29.2 Å². The average Bonchev–Trinajstić information content (AvgIpc) is 3.17.